The van der Waals surface area contributed by atoms with Crippen LogP contribution in [0.2, 0.25) is 0 Å². The van der Waals surface area contributed by atoms with E-state index >= 15 is 0 Å². The first kappa shape index (κ1) is 30.5. The SMILES string of the molecule is COc1ccc(S(=O)(=O)NCC(O)CC(Cc2ccccc2)C(=O)NCC2c3ccccc3CC2OC)cc1OC. The van der Waals surface area contributed by atoms with Crippen molar-refractivity contribution in [2.24, 2.45) is 5.92 Å². The lowest BCUT2D eigenvalue weighted by Gasteiger charge is -2.24. The molecule has 4 atom stereocenters. The summed E-state index contributed by atoms with van der Waals surface area (Å²) in [5.41, 5.74) is 3.34. The van der Waals surface area contributed by atoms with Crippen LogP contribution in [0.3, 0.4) is 0 Å². The van der Waals surface area contributed by atoms with Crippen molar-refractivity contribution in [2.75, 3.05) is 34.4 Å². The third-order valence-electron chi connectivity index (χ3n) is 7.55. The van der Waals surface area contributed by atoms with Crippen molar-refractivity contribution in [3.05, 3.63) is 89.5 Å². The Hall–Kier alpha value is -3.44. The summed E-state index contributed by atoms with van der Waals surface area (Å²) >= 11 is 0. The monoisotopic (exact) mass is 582 g/mol. The van der Waals surface area contributed by atoms with Gasteiger partial charge in [0.05, 0.1) is 31.3 Å². The molecule has 4 rings (SSSR count). The van der Waals surface area contributed by atoms with Crippen molar-refractivity contribution >= 4 is 15.9 Å². The molecule has 41 heavy (non-hydrogen) atoms. The van der Waals surface area contributed by atoms with Gasteiger partial charge in [-0.05, 0) is 48.1 Å². The lowest BCUT2D eigenvalue weighted by molar-refractivity contribution is -0.126. The fourth-order valence-corrected chi connectivity index (χ4v) is 6.44. The standard InChI is InChI=1S/C31H38N2O7S/c1-38-28-14-13-25(18-30(28)40-3)41(36,37)33-19-24(34)16-23(15-21-9-5-4-6-10-21)31(35)32-20-27-26-12-8-7-11-22(26)17-29(27)39-2/h4-14,18,23-24,27,29,33-34H,15-17,19-20H2,1-3H3,(H,32,35). The second kappa shape index (κ2) is 14.0. The first-order chi connectivity index (χ1) is 19.7. The van der Waals surface area contributed by atoms with E-state index in [-0.39, 0.29) is 41.5 Å². The predicted octanol–water partition coefficient (Wildman–Crippen LogP) is 3.06. The number of carbonyl (C=O) groups is 1. The number of ether oxygens (including phenoxy) is 3. The number of rotatable bonds is 14. The summed E-state index contributed by atoms with van der Waals surface area (Å²) in [5, 5.41) is 13.9. The number of aliphatic hydroxyl groups excluding tert-OH is 1. The van der Waals surface area contributed by atoms with Crippen LogP contribution in [0.1, 0.15) is 29.0 Å². The fraction of sp³-hybridized carbons (Fsp3) is 0.387. The van der Waals surface area contributed by atoms with Crippen molar-refractivity contribution < 1.29 is 32.5 Å². The molecule has 10 heteroatoms. The van der Waals surface area contributed by atoms with Gasteiger partial charge >= 0.3 is 0 Å². The number of sulfonamides is 1. The number of amides is 1. The van der Waals surface area contributed by atoms with Gasteiger partial charge in [0.1, 0.15) is 0 Å². The van der Waals surface area contributed by atoms with Gasteiger partial charge in [0.25, 0.3) is 0 Å². The van der Waals surface area contributed by atoms with Gasteiger partial charge in [0.2, 0.25) is 15.9 Å². The minimum Gasteiger partial charge on any atom is -0.493 e. The van der Waals surface area contributed by atoms with E-state index in [0.29, 0.717) is 18.7 Å². The van der Waals surface area contributed by atoms with E-state index in [1.807, 2.05) is 42.5 Å². The fourth-order valence-electron chi connectivity index (χ4n) is 5.35. The number of methoxy groups -OCH3 is 3. The molecule has 9 nitrogen and oxygen atoms in total. The number of benzene rings is 3. The van der Waals surface area contributed by atoms with Gasteiger partial charge in [-0.15, -0.1) is 0 Å². The molecule has 0 heterocycles. The number of hydrogen-bond donors (Lipinski definition) is 3. The molecule has 0 saturated heterocycles. The van der Waals surface area contributed by atoms with Crippen LogP contribution < -0.4 is 19.5 Å². The van der Waals surface area contributed by atoms with Gasteiger partial charge in [-0.1, -0.05) is 54.6 Å². The van der Waals surface area contributed by atoms with Gasteiger partial charge in [0.15, 0.2) is 11.5 Å². The van der Waals surface area contributed by atoms with Crippen LogP contribution in [0.15, 0.2) is 77.7 Å². The molecule has 1 amide bonds. The summed E-state index contributed by atoms with van der Waals surface area (Å²) < 4.78 is 44.4. The highest BCUT2D eigenvalue weighted by Gasteiger charge is 2.33. The van der Waals surface area contributed by atoms with Gasteiger partial charge in [-0.2, -0.15) is 0 Å². The average Bonchev–Trinajstić information content (AvgIpc) is 3.36. The van der Waals surface area contributed by atoms with E-state index in [4.69, 9.17) is 14.2 Å². The maximum Gasteiger partial charge on any atom is 0.240 e. The molecular formula is C31H38N2O7S. The van der Waals surface area contributed by atoms with Crippen LogP contribution in [0.5, 0.6) is 11.5 Å². The highest BCUT2D eigenvalue weighted by atomic mass is 32.2. The average molecular weight is 583 g/mol. The lowest BCUT2D eigenvalue weighted by Crippen LogP contribution is -2.40. The molecule has 0 radical (unpaired) electrons. The summed E-state index contributed by atoms with van der Waals surface area (Å²) in [6, 6.07) is 22.0. The second-order valence-electron chi connectivity index (χ2n) is 10.2. The first-order valence-corrected chi connectivity index (χ1v) is 15.1. The Morgan fingerprint density at radius 1 is 0.976 bits per heavy atom. The summed E-state index contributed by atoms with van der Waals surface area (Å²) in [6.07, 6.45) is 0.144. The summed E-state index contributed by atoms with van der Waals surface area (Å²) in [7, 11) is 0.621. The number of fused-ring (bicyclic) bond motifs is 1. The van der Waals surface area contributed by atoms with Gasteiger partial charge < -0.3 is 24.6 Å². The van der Waals surface area contributed by atoms with Gasteiger partial charge in [-0.25, -0.2) is 13.1 Å². The second-order valence-corrected chi connectivity index (χ2v) is 11.9. The quantitative estimate of drug-likeness (QED) is 0.267. The maximum atomic E-state index is 13.5. The molecule has 0 saturated carbocycles. The highest BCUT2D eigenvalue weighted by molar-refractivity contribution is 7.89. The molecule has 0 fully saturated rings. The van der Waals surface area contributed by atoms with E-state index in [0.717, 1.165) is 12.0 Å². The topological polar surface area (TPSA) is 123 Å². The van der Waals surface area contributed by atoms with E-state index < -0.39 is 22.0 Å². The van der Waals surface area contributed by atoms with Crippen LogP contribution >= 0.6 is 0 Å². The third kappa shape index (κ3) is 7.65. The smallest absolute Gasteiger partial charge is 0.240 e. The Bertz CT molecular complexity index is 1410. The van der Waals surface area contributed by atoms with E-state index in [1.165, 1.54) is 43.5 Å². The zero-order valence-corrected chi connectivity index (χ0v) is 24.4. The molecule has 0 spiro atoms. The molecule has 220 valence electrons. The molecule has 1 aliphatic carbocycles. The number of aliphatic hydroxyl groups is 1. The summed E-state index contributed by atoms with van der Waals surface area (Å²) in [4.78, 5) is 13.5. The Kier molecular flexibility index (Phi) is 10.4. The molecule has 0 aliphatic heterocycles. The highest BCUT2D eigenvalue weighted by Crippen LogP contribution is 2.34. The first-order valence-electron chi connectivity index (χ1n) is 13.6. The van der Waals surface area contributed by atoms with Crippen LogP contribution in [0.4, 0.5) is 0 Å². The molecule has 0 aromatic heterocycles. The molecular weight excluding hydrogens is 544 g/mol. The van der Waals surface area contributed by atoms with Crippen molar-refractivity contribution in [1.82, 2.24) is 10.0 Å². The largest absolute Gasteiger partial charge is 0.493 e. The number of hydrogen-bond acceptors (Lipinski definition) is 7. The number of nitrogens with one attached hydrogen (secondary N) is 2. The Balaban J connectivity index is 1.42. The predicted molar refractivity (Wildman–Crippen MR) is 156 cm³/mol. The maximum absolute atomic E-state index is 13.5. The Morgan fingerprint density at radius 3 is 2.39 bits per heavy atom. The van der Waals surface area contributed by atoms with E-state index in [1.54, 1.807) is 7.11 Å². The molecule has 3 aromatic carbocycles. The molecule has 0 bridgehead atoms. The van der Waals surface area contributed by atoms with Crippen LogP contribution in [-0.2, 0) is 32.4 Å². The van der Waals surface area contributed by atoms with Crippen LogP contribution in [0, 0.1) is 5.92 Å². The molecule has 4 unspecified atom stereocenters. The molecule has 3 N–H and O–H groups in total. The minimum atomic E-state index is -3.95. The normalized spacial score (nSPS) is 17.9. The lowest BCUT2D eigenvalue weighted by atomic mass is 9.92. The van der Waals surface area contributed by atoms with E-state index in [9.17, 15) is 18.3 Å². The van der Waals surface area contributed by atoms with E-state index in [2.05, 4.69) is 22.2 Å². The van der Waals surface area contributed by atoms with Crippen LogP contribution in [-0.4, -0.2) is 66.1 Å². The third-order valence-corrected chi connectivity index (χ3v) is 8.97. The van der Waals surface area contributed by atoms with Crippen molar-refractivity contribution in [2.45, 2.75) is 42.3 Å². The number of carbonyl (C=O) groups excluding carboxylic acids is 1. The zero-order valence-electron chi connectivity index (χ0n) is 23.6. The summed E-state index contributed by atoms with van der Waals surface area (Å²) in [6.45, 7) is 0.151. The van der Waals surface area contributed by atoms with Gasteiger partial charge in [-0.3, -0.25) is 4.79 Å². The van der Waals surface area contributed by atoms with Gasteiger partial charge in [0, 0.05) is 38.1 Å². The van der Waals surface area contributed by atoms with Crippen molar-refractivity contribution in [1.29, 1.82) is 0 Å². The Labute approximate surface area is 241 Å². The minimum absolute atomic E-state index is 0.0227. The molecule has 1 aliphatic rings. The van der Waals surface area contributed by atoms with Crippen molar-refractivity contribution in [3.8, 4) is 11.5 Å². The molecule has 3 aromatic rings. The van der Waals surface area contributed by atoms with Crippen LogP contribution in [0.25, 0.3) is 0 Å². The summed E-state index contributed by atoms with van der Waals surface area (Å²) in [5.74, 6) is -0.0726. The van der Waals surface area contributed by atoms with Crippen molar-refractivity contribution in [3.63, 3.8) is 0 Å². The zero-order chi connectivity index (χ0) is 29.4. The Morgan fingerprint density at radius 2 is 1.68 bits per heavy atom.